The summed E-state index contributed by atoms with van der Waals surface area (Å²) < 4.78 is 12.1. The summed E-state index contributed by atoms with van der Waals surface area (Å²) in [5.74, 6) is 0.696. The zero-order chi connectivity index (χ0) is 13.8. The fourth-order valence-electron chi connectivity index (χ4n) is 2.04. The van der Waals surface area contributed by atoms with Gasteiger partial charge < -0.3 is 14.0 Å². The van der Waals surface area contributed by atoms with Gasteiger partial charge in [0.05, 0.1) is 24.8 Å². The smallest absolute Gasteiger partial charge is 0.374 e. The lowest BCUT2D eigenvalue weighted by atomic mass is 10.3. The van der Waals surface area contributed by atoms with E-state index in [0.717, 1.165) is 29.7 Å². The van der Waals surface area contributed by atoms with Crippen LogP contribution in [-0.2, 0) is 11.3 Å². The first kappa shape index (κ1) is 13.4. The van der Waals surface area contributed by atoms with Crippen LogP contribution in [0.2, 0.25) is 0 Å². The molecule has 0 unspecified atom stereocenters. The van der Waals surface area contributed by atoms with E-state index in [4.69, 9.17) is 9.47 Å². The molecule has 0 fully saturated rings. The Morgan fingerprint density at radius 3 is 2.79 bits per heavy atom. The van der Waals surface area contributed by atoms with Crippen LogP contribution in [0.25, 0.3) is 11.0 Å². The molecule has 2 aromatic rings. The van der Waals surface area contributed by atoms with E-state index in [0.29, 0.717) is 12.4 Å². The van der Waals surface area contributed by atoms with Gasteiger partial charge in [-0.2, -0.15) is 0 Å². The van der Waals surface area contributed by atoms with Crippen LogP contribution in [0.1, 0.15) is 30.9 Å². The molecule has 102 valence electrons. The lowest BCUT2D eigenvalue weighted by Gasteiger charge is -2.06. The Morgan fingerprint density at radius 1 is 1.37 bits per heavy atom. The van der Waals surface area contributed by atoms with E-state index in [9.17, 15) is 4.79 Å². The number of aromatic nitrogens is 2. The van der Waals surface area contributed by atoms with Gasteiger partial charge in [-0.15, -0.1) is 0 Å². The van der Waals surface area contributed by atoms with E-state index in [1.807, 2.05) is 22.8 Å². The summed E-state index contributed by atoms with van der Waals surface area (Å²) in [5, 5.41) is 0. The molecule has 1 heterocycles. The molecular formula is C14H18N2O3. The van der Waals surface area contributed by atoms with Crippen molar-refractivity contribution in [3.8, 4) is 5.75 Å². The number of ether oxygens (including phenoxy) is 2. The van der Waals surface area contributed by atoms with Crippen LogP contribution in [0.3, 0.4) is 0 Å². The van der Waals surface area contributed by atoms with Gasteiger partial charge in [0.25, 0.3) is 0 Å². The lowest BCUT2D eigenvalue weighted by molar-refractivity contribution is 0.0507. The third-order valence-electron chi connectivity index (χ3n) is 2.86. The Hall–Kier alpha value is -2.04. The summed E-state index contributed by atoms with van der Waals surface area (Å²) in [6.07, 6.45) is 0.921. The Bertz CT molecular complexity index is 590. The SMILES string of the molecule is CCCn1c(C(=O)OCC)nc2cc(OC)ccc21. The molecule has 0 bridgehead atoms. The first-order chi connectivity index (χ1) is 9.21. The number of methoxy groups -OCH3 is 1. The van der Waals surface area contributed by atoms with Crippen LogP contribution in [0.4, 0.5) is 0 Å². The minimum atomic E-state index is -0.383. The number of hydrogen-bond donors (Lipinski definition) is 0. The summed E-state index contributed by atoms with van der Waals surface area (Å²) >= 11 is 0. The number of carbonyl (C=O) groups excluding carboxylic acids is 1. The van der Waals surface area contributed by atoms with Gasteiger partial charge in [-0.25, -0.2) is 9.78 Å². The number of hydrogen-bond acceptors (Lipinski definition) is 4. The van der Waals surface area contributed by atoms with Crippen molar-refractivity contribution in [2.45, 2.75) is 26.8 Å². The average molecular weight is 262 g/mol. The molecule has 0 aliphatic carbocycles. The van der Waals surface area contributed by atoms with Gasteiger partial charge >= 0.3 is 5.97 Å². The van der Waals surface area contributed by atoms with E-state index in [-0.39, 0.29) is 5.97 Å². The largest absolute Gasteiger partial charge is 0.497 e. The maximum Gasteiger partial charge on any atom is 0.374 e. The Morgan fingerprint density at radius 2 is 2.16 bits per heavy atom. The molecule has 5 heteroatoms. The molecule has 0 aliphatic heterocycles. The van der Waals surface area contributed by atoms with E-state index >= 15 is 0 Å². The first-order valence-electron chi connectivity index (χ1n) is 6.42. The highest BCUT2D eigenvalue weighted by molar-refractivity contribution is 5.91. The van der Waals surface area contributed by atoms with Gasteiger partial charge in [0, 0.05) is 12.6 Å². The normalized spacial score (nSPS) is 10.7. The van der Waals surface area contributed by atoms with Gasteiger partial charge in [0.2, 0.25) is 5.82 Å². The monoisotopic (exact) mass is 262 g/mol. The summed E-state index contributed by atoms with van der Waals surface area (Å²) in [6, 6.07) is 5.61. The van der Waals surface area contributed by atoms with Crippen LogP contribution in [-0.4, -0.2) is 29.2 Å². The van der Waals surface area contributed by atoms with Crippen molar-refractivity contribution in [1.29, 1.82) is 0 Å². The number of carbonyl (C=O) groups is 1. The van der Waals surface area contributed by atoms with Gasteiger partial charge in [-0.3, -0.25) is 0 Å². The second kappa shape index (κ2) is 5.73. The molecule has 0 saturated carbocycles. The molecule has 5 nitrogen and oxygen atoms in total. The first-order valence-corrected chi connectivity index (χ1v) is 6.42. The molecule has 0 spiro atoms. The second-order valence-corrected chi connectivity index (χ2v) is 4.16. The van der Waals surface area contributed by atoms with Gasteiger partial charge in [-0.1, -0.05) is 6.92 Å². The number of rotatable bonds is 5. The second-order valence-electron chi connectivity index (χ2n) is 4.16. The third-order valence-corrected chi connectivity index (χ3v) is 2.86. The molecular weight excluding hydrogens is 244 g/mol. The molecule has 0 N–H and O–H groups in total. The highest BCUT2D eigenvalue weighted by atomic mass is 16.5. The minimum absolute atomic E-state index is 0.345. The summed E-state index contributed by atoms with van der Waals surface area (Å²) in [6.45, 7) is 4.92. The predicted molar refractivity (Wildman–Crippen MR) is 72.5 cm³/mol. The zero-order valence-electron chi connectivity index (χ0n) is 11.5. The minimum Gasteiger partial charge on any atom is -0.497 e. The summed E-state index contributed by atoms with van der Waals surface area (Å²) in [4.78, 5) is 16.3. The highest BCUT2D eigenvalue weighted by Crippen LogP contribution is 2.22. The number of imidazole rings is 1. The Balaban J connectivity index is 2.55. The maximum atomic E-state index is 11.9. The van der Waals surface area contributed by atoms with Crippen molar-refractivity contribution in [1.82, 2.24) is 9.55 Å². The number of fused-ring (bicyclic) bond motifs is 1. The predicted octanol–water partition coefficient (Wildman–Crippen LogP) is 2.63. The molecule has 0 radical (unpaired) electrons. The van der Waals surface area contributed by atoms with Gasteiger partial charge in [0.1, 0.15) is 5.75 Å². The van der Waals surface area contributed by atoms with Crippen molar-refractivity contribution in [2.75, 3.05) is 13.7 Å². The van der Waals surface area contributed by atoms with E-state index in [1.54, 1.807) is 14.0 Å². The molecule has 0 saturated heterocycles. The molecule has 0 amide bonds. The quantitative estimate of drug-likeness (QED) is 0.777. The molecule has 1 aromatic carbocycles. The zero-order valence-corrected chi connectivity index (χ0v) is 11.5. The highest BCUT2D eigenvalue weighted by Gasteiger charge is 2.18. The third kappa shape index (κ3) is 2.54. The van der Waals surface area contributed by atoms with Crippen LogP contribution in [0, 0.1) is 0 Å². The van der Waals surface area contributed by atoms with E-state index in [2.05, 4.69) is 11.9 Å². The molecule has 0 aliphatic rings. The van der Waals surface area contributed by atoms with Crippen LogP contribution < -0.4 is 4.74 Å². The topological polar surface area (TPSA) is 53.4 Å². The van der Waals surface area contributed by atoms with Crippen LogP contribution in [0.15, 0.2) is 18.2 Å². The van der Waals surface area contributed by atoms with Crippen LogP contribution >= 0.6 is 0 Å². The standard InChI is InChI=1S/C14H18N2O3/c1-4-8-16-12-7-6-10(18-3)9-11(12)15-13(16)14(17)19-5-2/h6-7,9H,4-5,8H2,1-3H3. The maximum absolute atomic E-state index is 11.9. The van der Waals surface area contributed by atoms with Crippen molar-refractivity contribution in [3.63, 3.8) is 0 Å². The number of nitrogens with zero attached hydrogens (tertiary/aromatic N) is 2. The van der Waals surface area contributed by atoms with E-state index < -0.39 is 0 Å². The number of benzene rings is 1. The Labute approximate surface area is 112 Å². The fraction of sp³-hybridized carbons (Fsp3) is 0.429. The lowest BCUT2D eigenvalue weighted by Crippen LogP contribution is -2.13. The number of aryl methyl sites for hydroxylation is 1. The average Bonchev–Trinajstić information content (AvgIpc) is 2.77. The Kier molecular flexibility index (Phi) is 4.04. The van der Waals surface area contributed by atoms with Gasteiger partial charge in [-0.05, 0) is 25.5 Å². The number of esters is 1. The summed E-state index contributed by atoms with van der Waals surface area (Å²) in [7, 11) is 1.61. The van der Waals surface area contributed by atoms with Crippen molar-refractivity contribution in [2.24, 2.45) is 0 Å². The van der Waals surface area contributed by atoms with Crippen molar-refractivity contribution in [3.05, 3.63) is 24.0 Å². The van der Waals surface area contributed by atoms with Crippen molar-refractivity contribution >= 4 is 17.0 Å². The van der Waals surface area contributed by atoms with Crippen LogP contribution in [0.5, 0.6) is 5.75 Å². The molecule has 0 atom stereocenters. The van der Waals surface area contributed by atoms with Crippen molar-refractivity contribution < 1.29 is 14.3 Å². The fourth-order valence-corrected chi connectivity index (χ4v) is 2.04. The molecule has 1 aromatic heterocycles. The molecule has 19 heavy (non-hydrogen) atoms. The molecule has 2 rings (SSSR count). The van der Waals surface area contributed by atoms with Gasteiger partial charge in [0.15, 0.2) is 0 Å². The van der Waals surface area contributed by atoms with E-state index in [1.165, 1.54) is 0 Å². The summed E-state index contributed by atoms with van der Waals surface area (Å²) in [5.41, 5.74) is 1.67.